The molecule has 1 fully saturated rings. The summed E-state index contributed by atoms with van der Waals surface area (Å²) in [4.78, 5) is 11.8. The average molecular weight is 264 g/mol. The van der Waals surface area contributed by atoms with Crippen molar-refractivity contribution in [3.8, 4) is 5.75 Å². The van der Waals surface area contributed by atoms with Crippen molar-refractivity contribution < 1.29 is 14.3 Å². The Morgan fingerprint density at radius 1 is 1.42 bits per heavy atom. The van der Waals surface area contributed by atoms with Gasteiger partial charge < -0.3 is 20.1 Å². The van der Waals surface area contributed by atoms with E-state index in [1.54, 1.807) is 31.4 Å². The van der Waals surface area contributed by atoms with E-state index >= 15 is 0 Å². The maximum absolute atomic E-state index is 11.8. The van der Waals surface area contributed by atoms with Gasteiger partial charge in [-0.3, -0.25) is 0 Å². The van der Waals surface area contributed by atoms with Crippen molar-refractivity contribution >= 4 is 11.7 Å². The van der Waals surface area contributed by atoms with Gasteiger partial charge in [0.05, 0.1) is 19.3 Å². The molecule has 0 aliphatic carbocycles. The first-order valence-corrected chi connectivity index (χ1v) is 6.52. The highest BCUT2D eigenvalue weighted by Gasteiger charge is 2.23. The maximum Gasteiger partial charge on any atom is 0.319 e. The van der Waals surface area contributed by atoms with Gasteiger partial charge in [-0.05, 0) is 44.0 Å². The molecule has 2 rings (SSSR count). The van der Waals surface area contributed by atoms with Crippen LogP contribution in [0.3, 0.4) is 0 Å². The first-order chi connectivity index (χ1) is 9.19. The van der Waals surface area contributed by atoms with E-state index in [-0.39, 0.29) is 18.2 Å². The molecular weight excluding hydrogens is 244 g/mol. The quantitative estimate of drug-likeness (QED) is 0.877. The fourth-order valence-electron chi connectivity index (χ4n) is 2.14. The predicted octanol–water partition coefficient (Wildman–Crippen LogP) is 2.38. The first-order valence-electron chi connectivity index (χ1n) is 6.52. The standard InChI is InChI=1S/C14H20N2O3/c1-10(13-4-3-9-19-13)15-14(17)16-11-5-7-12(18-2)8-6-11/h5-8,10,13H,3-4,9H2,1-2H3,(H2,15,16,17)/t10-,13-/m1/s1. The third-order valence-corrected chi connectivity index (χ3v) is 3.23. The van der Waals surface area contributed by atoms with Gasteiger partial charge in [-0.15, -0.1) is 0 Å². The van der Waals surface area contributed by atoms with Gasteiger partial charge >= 0.3 is 6.03 Å². The number of nitrogens with one attached hydrogen (secondary N) is 2. The normalized spacial score (nSPS) is 19.8. The Hall–Kier alpha value is -1.75. The van der Waals surface area contributed by atoms with Crippen LogP contribution in [0.25, 0.3) is 0 Å². The lowest BCUT2D eigenvalue weighted by atomic mass is 10.1. The number of urea groups is 1. The number of methoxy groups -OCH3 is 1. The summed E-state index contributed by atoms with van der Waals surface area (Å²) in [5.74, 6) is 0.763. The van der Waals surface area contributed by atoms with Crippen molar-refractivity contribution in [1.82, 2.24) is 5.32 Å². The lowest BCUT2D eigenvalue weighted by Crippen LogP contribution is -2.42. The topological polar surface area (TPSA) is 59.6 Å². The number of carbonyl (C=O) groups excluding carboxylic acids is 1. The van der Waals surface area contributed by atoms with Crippen LogP contribution in [0.1, 0.15) is 19.8 Å². The fourth-order valence-corrected chi connectivity index (χ4v) is 2.14. The van der Waals surface area contributed by atoms with Gasteiger partial charge in [0.15, 0.2) is 0 Å². The third kappa shape index (κ3) is 3.86. The predicted molar refractivity (Wildman–Crippen MR) is 73.6 cm³/mol. The maximum atomic E-state index is 11.8. The smallest absolute Gasteiger partial charge is 0.319 e. The van der Waals surface area contributed by atoms with Crippen LogP contribution in [0.15, 0.2) is 24.3 Å². The van der Waals surface area contributed by atoms with Crippen molar-refractivity contribution in [1.29, 1.82) is 0 Å². The van der Waals surface area contributed by atoms with Crippen LogP contribution in [0.2, 0.25) is 0 Å². The van der Waals surface area contributed by atoms with Gasteiger partial charge in [0.2, 0.25) is 0 Å². The molecule has 2 N–H and O–H groups in total. The molecule has 0 aromatic heterocycles. The number of hydrogen-bond acceptors (Lipinski definition) is 3. The number of benzene rings is 1. The van der Waals surface area contributed by atoms with Gasteiger partial charge in [0.25, 0.3) is 0 Å². The summed E-state index contributed by atoms with van der Waals surface area (Å²) in [7, 11) is 1.61. The molecule has 0 bridgehead atoms. The highest BCUT2D eigenvalue weighted by molar-refractivity contribution is 5.89. The second-order valence-corrected chi connectivity index (χ2v) is 4.67. The van der Waals surface area contributed by atoms with Crippen LogP contribution < -0.4 is 15.4 Å². The van der Waals surface area contributed by atoms with Gasteiger partial charge in [-0.2, -0.15) is 0 Å². The summed E-state index contributed by atoms with van der Waals surface area (Å²) in [6.45, 7) is 2.75. The molecule has 2 atom stereocenters. The zero-order valence-corrected chi connectivity index (χ0v) is 11.3. The van der Waals surface area contributed by atoms with Crippen LogP contribution in [-0.2, 0) is 4.74 Å². The highest BCUT2D eigenvalue weighted by atomic mass is 16.5. The molecule has 1 heterocycles. The van der Waals surface area contributed by atoms with E-state index in [1.807, 2.05) is 6.92 Å². The molecule has 1 aliphatic rings. The molecule has 1 aromatic carbocycles. The SMILES string of the molecule is COc1ccc(NC(=O)N[C@H](C)[C@H]2CCCO2)cc1. The zero-order chi connectivity index (χ0) is 13.7. The Balaban J connectivity index is 1.82. The molecule has 1 aromatic rings. The first kappa shape index (κ1) is 13.7. The molecule has 19 heavy (non-hydrogen) atoms. The van der Waals surface area contributed by atoms with Crippen LogP contribution in [0.5, 0.6) is 5.75 Å². The van der Waals surface area contributed by atoms with E-state index in [0.29, 0.717) is 0 Å². The minimum Gasteiger partial charge on any atom is -0.497 e. The third-order valence-electron chi connectivity index (χ3n) is 3.23. The highest BCUT2D eigenvalue weighted by Crippen LogP contribution is 2.16. The van der Waals surface area contributed by atoms with Crippen LogP contribution in [0, 0.1) is 0 Å². The summed E-state index contributed by atoms with van der Waals surface area (Å²) in [5, 5.41) is 5.68. The van der Waals surface area contributed by atoms with E-state index in [2.05, 4.69) is 10.6 Å². The molecule has 2 amide bonds. The van der Waals surface area contributed by atoms with Crippen LogP contribution in [-0.4, -0.2) is 31.9 Å². The van der Waals surface area contributed by atoms with Crippen LogP contribution >= 0.6 is 0 Å². The van der Waals surface area contributed by atoms with E-state index in [9.17, 15) is 4.79 Å². The van der Waals surface area contributed by atoms with Gasteiger partial charge in [0.1, 0.15) is 5.75 Å². The average Bonchev–Trinajstić information content (AvgIpc) is 2.93. The molecule has 0 unspecified atom stereocenters. The number of hydrogen-bond donors (Lipinski definition) is 2. The molecule has 1 saturated heterocycles. The van der Waals surface area contributed by atoms with E-state index in [0.717, 1.165) is 30.9 Å². The Morgan fingerprint density at radius 3 is 2.74 bits per heavy atom. The fraction of sp³-hybridized carbons (Fsp3) is 0.500. The second-order valence-electron chi connectivity index (χ2n) is 4.67. The monoisotopic (exact) mass is 264 g/mol. The van der Waals surface area contributed by atoms with Crippen molar-refractivity contribution in [3.63, 3.8) is 0 Å². The largest absolute Gasteiger partial charge is 0.497 e. The zero-order valence-electron chi connectivity index (χ0n) is 11.3. The lowest BCUT2D eigenvalue weighted by Gasteiger charge is -2.20. The number of carbonyl (C=O) groups is 1. The minimum absolute atomic E-state index is 0.0146. The lowest BCUT2D eigenvalue weighted by molar-refractivity contribution is 0.0868. The number of ether oxygens (including phenoxy) is 2. The minimum atomic E-state index is -0.215. The molecule has 5 heteroatoms. The molecule has 0 saturated carbocycles. The van der Waals surface area contributed by atoms with Gasteiger partial charge in [-0.1, -0.05) is 0 Å². The van der Waals surface area contributed by atoms with Crippen molar-refractivity contribution in [2.75, 3.05) is 19.0 Å². The van der Waals surface area contributed by atoms with E-state index in [1.165, 1.54) is 0 Å². The summed E-state index contributed by atoms with van der Waals surface area (Å²) < 4.78 is 10.6. The van der Waals surface area contributed by atoms with Crippen molar-refractivity contribution in [3.05, 3.63) is 24.3 Å². The summed E-state index contributed by atoms with van der Waals surface area (Å²) in [5.41, 5.74) is 0.734. The van der Waals surface area contributed by atoms with E-state index in [4.69, 9.17) is 9.47 Å². The van der Waals surface area contributed by atoms with Gasteiger partial charge in [-0.25, -0.2) is 4.79 Å². The second kappa shape index (κ2) is 6.43. The summed E-state index contributed by atoms with van der Waals surface area (Å²) >= 11 is 0. The molecule has 5 nitrogen and oxygen atoms in total. The molecule has 104 valence electrons. The Bertz CT molecular complexity index is 413. The number of rotatable bonds is 4. The Morgan fingerprint density at radius 2 is 2.16 bits per heavy atom. The van der Waals surface area contributed by atoms with E-state index < -0.39 is 0 Å². The van der Waals surface area contributed by atoms with Crippen molar-refractivity contribution in [2.24, 2.45) is 0 Å². The molecular formula is C14H20N2O3. The molecule has 0 spiro atoms. The Labute approximate surface area is 113 Å². The Kier molecular flexibility index (Phi) is 4.63. The number of anilines is 1. The van der Waals surface area contributed by atoms with Crippen molar-refractivity contribution in [2.45, 2.75) is 31.9 Å². The molecule has 0 radical (unpaired) electrons. The summed E-state index contributed by atoms with van der Waals surface area (Å²) in [6, 6.07) is 7.01. The molecule has 1 aliphatic heterocycles. The summed E-state index contributed by atoms with van der Waals surface area (Å²) in [6.07, 6.45) is 2.20. The van der Waals surface area contributed by atoms with Crippen LogP contribution in [0.4, 0.5) is 10.5 Å². The number of amides is 2. The van der Waals surface area contributed by atoms with Gasteiger partial charge in [0, 0.05) is 12.3 Å².